The van der Waals surface area contributed by atoms with Gasteiger partial charge in [0.1, 0.15) is 6.33 Å². The van der Waals surface area contributed by atoms with Gasteiger partial charge in [-0.15, -0.1) is 0 Å². The summed E-state index contributed by atoms with van der Waals surface area (Å²) >= 11 is 0. The standard InChI is InChI=1S/C17H22N4O2/c1-4-21-15(18-11-19-21)12-5-7-13(8-6-12)16(22)20-14-9-17(2,3)23-10-14/h5-8,11,14H,4,9-10H2,1-3H3,(H,20,22). The van der Waals surface area contributed by atoms with Crippen LogP contribution in [0.1, 0.15) is 37.6 Å². The van der Waals surface area contributed by atoms with E-state index in [1.165, 1.54) is 0 Å². The Morgan fingerprint density at radius 1 is 1.39 bits per heavy atom. The normalized spacial score (nSPS) is 19.7. The van der Waals surface area contributed by atoms with Gasteiger partial charge >= 0.3 is 0 Å². The van der Waals surface area contributed by atoms with Crippen molar-refractivity contribution in [3.05, 3.63) is 36.2 Å². The zero-order chi connectivity index (χ0) is 16.4. The minimum absolute atomic E-state index is 0.0696. The van der Waals surface area contributed by atoms with Crippen LogP contribution in [0.4, 0.5) is 0 Å². The number of hydrogen-bond acceptors (Lipinski definition) is 4. The van der Waals surface area contributed by atoms with E-state index in [1.54, 1.807) is 6.33 Å². The SMILES string of the molecule is CCn1ncnc1-c1ccc(C(=O)NC2COC(C)(C)C2)cc1. The van der Waals surface area contributed by atoms with Crippen molar-refractivity contribution >= 4 is 5.91 Å². The van der Waals surface area contributed by atoms with Crippen molar-refractivity contribution in [1.29, 1.82) is 0 Å². The Morgan fingerprint density at radius 3 is 2.74 bits per heavy atom. The van der Waals surface area contributed by atoms with Crippen LogP contribution in [0.25, 0.3) is 11.4 Å². The summed E-state index contributed by atoms with van der Waals surface area (Å²) in [7, 11) is 0. The molecule has 6 heteroatoms. The minimum atomic E-state index is -0.161. The Bertz CT molecular complexity index is 691. The van der Waals surface area contributed by atoms with Crippen molar-refractivity contribution in [2.75, 3.05) is 6.61 Å². The minimum Gasteiger partial charge on any atom is -0.373 e. The number of hydrogen-bond donors (Lipinski definition) is 1. The van der Waals surface area contributed by atoms with Gasteiger partial charge < -0.3 is 10.1 Å². The lowest BCUT2D eigenvalue weighted by Crippen LogP contribution is -2.35. The van der Waals surface area contributed by atoms with Gasteiger partial charge in [0.15, 0.2) is 5.82 Å². The van der Waals surface area contributed by atoms with Crippen LogP contribution in [0.15, 0.2) is 30.6 Å². The van der Waals surface area contributed by atoms with E-state index in [0.717, 1.165) is 24.4 Å². The molecule has 1 aromatic carbocycles. The first-order valence-corrected chi connectivity index (χ1v) is 7.91. The van der Waals surface area contributed by atoms with E-state index in [4.69, 9.17) is 4.74 Å². The Balaban J connectivity index is 1.69. The zero-order valence-corrected chi connectivity index (χ0v) is 13.7. The molecule has 0 bridgehead atoms. The fraction of sp³-hybridized carbons (Fsp3) is 0.471. The second-order valence-electron chi connectivity index (χ2n) is 6.42. The molecule has 0 aliphatic carbocycles. The number of nitrogens with one attached hydrogen (secondary N) is 1. The summed E-state index contributed by atoms with van der Waals surface area (Å²) in [6.45, 7) is 7.42. The summed E-state index contributed by atoms with van der Waals surface area (Å²) in [5.41, 5.74) is 1.43. The number of carbonyl (C=O) groups is 1. The number of aromatic nitrogens is 3. The number of nitrogens with zero attached hydrogens (tertiary/aromatic N) is 3. The van der Waals surface area contributed by atoms with Gasteiger partial charge in [-0.3, -0.25) is 4.79 Å². The van der Waals surface area contributed by atoms with E-state index in [0.29, 0.717) is 12.2 Å². The maximum Gasteiger partial charge on any atom is 0.251 e. The largest absolute Gasteiger partial charge is 0.373 e. The van der Waals surface area contributed by atoms with Gasteiger partial charge in [0.2, 0.25) is 0 Å². The second-order valence-corrected chi connectivity index (χ2v) is 6.42. The quantitative estimate of drug-likeness (QED) is 0.940. The Morgan fingerprint density at radius 2 is 2.13 bits per heavy atom. The lowest BCUT2D eigenvalue weighted by Gasteiger charge is -2.16. The summed E-state index contributed by atoms with van der Waals surface area (Å²) in [5, 5.41) is 7.19. The Labute approximate surface area is 135 Å². The molecule has 0 saturated carbocycles. The van der Waals surface area contributed by atoms with E-state index in [2.05, 4.69) is 15.4 Å². The highest BCUT2D eigenvalue weighted by atomic mass is 16.5. The molecular formula is C17H22N4O2. The van der Waals surface area contributed by atoms with Crippen molar-refractivity contribution < 1.29 is 9.53 Å². The first kappa shape index (κ1) is 15.7. The van der Waals surface area contributed by atoms with Gasteiger partial charge in [0.05, 0.1) is 18.2 Å². The van der Waals surface area contributed by atoms with Crippen LogP contribution in [0.2, 0.25) is 0 Å². The molecule has 1 N–H and O–H groups in total. The van der Waals surface area contributed by atoms with Gasteiger partial charge in [0, 0.05) is 17.7 Å². The monoisotopic (exact) mass is 314 g/mol. The maximum atomic E-state index is 12.3. The van der Waals surface area contributed by atoms with Crippen molar-refractivity contribution in [3.8, 4) is 11.4 Å². The molecule has 0 spiro atoms. The van der Waals surface area contributed by atoms with E-state index in [9.17, 15) is 4.79 Å². The third kappa shape index (κ3) is 3.42. The van der Waals surface area contributed by atoms with Crippen molar-refractivity contribution in [2.45, 2.75) is 45.4 Å². The molecule has 1 aliphatic rings. The third-order valence-electron chi connectivity index (χ3n) is 4.07. The average Bonchev–Trinajstić information content (AvgIpc) is 3.13. The highest BCUT2D eigenvalue weighted by Gasteiger charge is 2.32. The van der Waals surface area contributed by atoms with Crippen LogP contribution in [0.5, 0.6) is 0 Å². The number of rotatable bonds is 4. The average molecular weight is 314 g/mol. The van der Waals surface area contributed by atoms with Gasteiger partial charge in [-0.1, -0.05) is 12.1 Å². The predicted octanol–water partition coefficient (Wildman–Crippen LogP) is 2.26. The number of carbonyl (C=O) groups excluding carboxylic acids is 1. The molecular weight excluding hydrogens is 292 g/mol. The molecule has 1 aromatic heterocycles. The van der Waals surface area contributed by atoms with Crippen LogP contribution in [-0.2, 0) is 11.3 Å². The molecule has 0 radical (unpaired) electrons. The van der Waals surface area contributed by atoms with Crippen LogP contribution < -0.4 is 5.32 Å². The zero-order valence-electron chi connectivity index (χ0n) is 13.7. The maximum absolute atomic E-state index is 12.3. The smallest absolute Gasteiger partial charge is 0.251 e. The number of ether oxygens (including phenoxy) is 1. The molecule has 1 aliphatic heterocycles. The topological polar surface area (TPSA) is 69.0 Å². The lowest BCUT2D eigenvalue weighted by atomic mass is 10.0. The number of amides is 1. The summed E-state index contributed by atoms with van der Waals surface area (Å²) in [5.74, 6) is 0.741. The molecule has 3 rings (SSSR count). The molecule has 122 valence electrons. The highest BCUT2D eigenvalue weighted by molar-refractivity contribution is 5.94. The molecule has 1 unspecified atom stereocenters. The first-order chi connectivity index (χ1) is 11.0. The molecule has 1 saturated heterocycles. The summed E-state index contributed by atoms with van der Waals surface area (Å²) in [6.07, 6.45) is 2.37. The van der Waals surface area contributed by atoms with E-state index in [-0.39, 0.29) is 17.6 Å². The van der Waals surface area contributed by atoms with E-state index < -0.39 is 0 Å². The van der Waals surface area contributed by atoms with Crippen LogP contribution >= 0.6 is 0 Å². The summed E-state index contributed by atoms with van der Waals surface area (Å²) < 4.78 is 7.48. The van der Waals surface area contributed by atoms with Crippen LogP contribution in [0, 0.1) is 0 Å². The van der Waals surface area contributed by atoms with Gasteiger partial charge in [-0.2, -0.15) is 5.10 Å². The van der Waals surface area contributed by atoms with Crippen molar-refractivity contribution in [3.63, 3.8) is 0 Å². The van der Waals surface area contributed by atoms with E-state index >= 15 is 0 Å². The Hall–Kier alpha value is -2.21. The molecule has 23 heavy (non-hydrogen) atoms. The van der Waals surface area contributed by atoms with E-state index in [1.807, 2.05) is 49.7 Å². The van der Waals surface area contributed by atoms with Crippen molar-refractivity contribution in [1.82, 2.24) is 20.1 Å². The van der Waals surface area contributed by atoms with Crippen LogP contribution in [0.3, 0.4) is 0 Å². The molecule has 2 aromatic rings. The summed E-state index contributed by atoms with van der Waals surface area (Å²) in [6, 6.07) is 7.52. The predicted molar refractivity (Wildman–Crippen MR) is 87.0 cm³/mol. The number of aryl methyl sites for hydroxylation is 1. The molecule has 6 nitrogen and oxygen atoms in total. The molecule has 1 atom stereocenters. The van der Waals surface area contributed by atoms with Gasteiger partial charge in [-0.25, -0.2) is 9.67 Å². The van der Waals surface area contributed by atoms with Gasteiger partial charge in [-0.05, 0) is 39.3 Å². The fourth-order valence-corrected chi connectivity index (χ4v) is 2.89. The molecule has 1 fully saturated rings. The fourth-order valence-electron chi connectivity index (χ4n) is 2.89. The highest BCUT2D eigenvalue weighted by Crippen LogP contribution is 2.24. The van der Waals surface area contributed by atoms with Crippen LogP contribution in [-0.4, -0.2) is 38.9 Å². The lowest BCUT2D eigenvalue weighted by molar-refractivity contribution is 0.0355. The third-order valence-corrected chi connectivity index (χ3v) is 4.07. The first-order valence-electron chi connectivity index (χ1n) is 7.91. The Kier molecular flexibility index (Phi) is 4.17. The molecule has 1 amide bonds. The summed E-state index contributed by atoms with van der Waals surface area (Å²) in [4.78, 5) is 16.6. The number of benzene rings is 1. The van der Waals surface area contributed by atoms with Crippen molar-refractivity contribution in [2.24, 2.45) is 0 Å². The second kappa shape index (κ2) is 6.12. The van der Waals surface area contributed by atoms with Gasteiger partial charge in [0.25, 0.3) is 5.91 Å². The molecule has 2 heterocycles.